The predicted molar refractivity (Wildman–Crippen MR) is 55.1 cm³/mol. The van der Waals surface area contributed by atoms with Crippen LogP contribution in [-0.2, 0) is 11.3 Å². The fourth-order valence-electron chi connectivity index (χ4n) is 1.12. The van der Waals surface area contributed by atoms with E-state index in [-0.39, 0.29) is 12.3 Å². The highest BCUT2D eigenvalue weighted by Crippen LogP contribution is 2.11. The van der Waals surface area contributed by atoms with Crippen LogP contribution in [0.3, 0.4) is 0 Å². The van der Waals surface area contributed by atoms with E-state index in [1.807, 2.05) is 24.3 Å². The van der Waals surface area contributed by atoms with Crippen molar-refractivity contribution in [3.05, 3.63) is 29.8 Å². The monoisotopic (exact) mass is 204 g/mol. The minimum absolute atomic E-state index is 0.107. The second-order valence-electron chi connectivity index (χ2n) is 2.96. The van der Waals surface area contributed by atoms with Crippen LogP contribution in [0.5, 0.6) is 5.75 Å². The summed E-state index contributed by atoms with van der Waals surface area (Å²) in [7, 11) is 1.59. The molecule has 0 heterocycles. The molecule has 1 rings (SSSR count). The van der Waals surface area contributed by atoms with Gasteiger partial charge in [-0.15, -0.1) is 0 Å². The molecule has 0 radical (unpaired) electrons. The van der Waals surface area contributed by atoms with E-state index in [1.165, 1.54) is 0 Å². The number of hydrogen-bond acceptors (Lipinski definition) is 3. The SMILES string of the molecule is COc1cccc(CNC(=O)CC#N)c1. The highest BCUT2D eigenvalue weighted by Gasteiger charge is 2.00. The van der Waals surface area contributed by atoms with E-state index < -0.39 is 0 Å². The third-order valence-corrected chi connectivity index (χ3v) is 1.86. The second-order valence-corrected chi connectivity index (χ2v) is 2.96. The first-order valence-electron chi connectivity index (χ1n) is 4.53. The maximum absolute atomic E-state index is 11.0. The molecule has 0 spiro atoms. The van der Waals surface area contributed by atoms with E-state index in [2.05, 4.69) is 5.32 Å². The molecule has 4 nitrogen and oxygen atoms in total. The summed E-state index contributed by atoms with van der Waals surface area (Å²) in [6.45, 7) is 0.414. The smallest absolute Gasteiger partial charge is 0.234 e. The van der Waals surface area contributed by atoms with Crippen molar-refractivity contribution in [3.63, 3.8) is 0 Å². The van der Waals surface area contributed by atoms with Crippen LogP contribution in [0.25, 0.3) is 0 Å². The molecule has 0 saturated heterocycles. The molecular weight excluding hydrogens is 192 g/mol. The number of hydrogen-bond donors (Lipinski definition) is 1. The van der Waals surface area contributed by atoms with Gasteiger partial charge < -0.3 is 10.1 Å². The van der Waals surface area contributed by atoms with Crippen molar-refractivity contribution in [1.29, 1.82) is 5.26 Å². The Kier molecular flexibility index (Phi) is 4.17. The molecule has 0 fully saturated rings. The number of carbonyl (C=O) groups is 1. The Balaban J connectivity index is 2.51. The molecule has 0 aliphatic rings. The van der Waals surface area contributed by atoms with E-state index in [0.29, 0.717) is 6.54 Å². The average Bonchev–Trinajstić information content (AvgIpc) is 2.27. The summed E-state index contributed by atoms with van der Waals surface area (Å²) in [4.78, 5) is 11.0. The van der Waals surface area contributed by atoms with Gasteiger partial charge in [-0.2, -0.15) is 5.26 Å². The molecule has 1 amide bonds. The van der Waals surface area contributed by atoms with Crippen molar-refractivity contribution in [2.75, 3.05) is 7.11 Å². The number of nitrogens with zero attached hydrogens (tertiary/aromatic N) is 1. The van der Waals surface area contributed by atoms with Gasteiger partial charge in [0.2, 0.25) is 5.91 Å². The number of benzene rings is 1. The molecule has 0 saturated carbocycles. The lowest BCUT2D eigenvalue weighted by Crippen LogP contribution is -2.21. The minimum Gasteiger partial charge on any atom is -0.497 e. The van der Waals surface area contributed by atoms with Crippen molar-refractivity contribution in [2.24, 2.45) is 0 Å². The average molecular weight is 204 g/mol. The lowest BCUT2D eigenvalue weighted by molar-refractivity contribution is -0.120. The summed E-state index contributed by atoms with van der Waals surface area (Å²) in [6.07, 6.45) is -0.107. The molecule has 0 aromatic heterocycles. The van der Waals surface area contributed by atoms with Gasteiger partial charge in [0.25, 0.3) is 0 Å². The van der Waals surface area contributed by atoms with Crippen LogP contribution in [0.1, 0.15) is 12.0 Å². The predicted octanol–water partition coefficient (Wildman–Crippen LogP) is 1.23. The Morgan fingerprint density at radius 3 is 3.07 bits per heavy atom. The summed E-state index contributed by atoms with van der Waals surface area (Å²) in [5.74, 6) is 0.488. The molecule has 15 heavy (non-hydrogen) atoms. The van der Waals surface area contributed by atoms with Crippen molar-refractivity contribution < 1.29 is 9.53 Å². The molecule has 78 valence electrons. The maximum Gasteiger partial charge on any atom is 0.234 e. The molecule has 0 bridgehead atoms. The zero-order valence-corrected chi connectivity index (χ0v) is 8.49. The Morgan fingerprint density at radius 2 is 2.40 bits per heavy atom. The molecule has 0 aliphatic heterocycles. The maximum atomic E-state index is 11.0. The lowest BCUT2D eigenvalue weighted by Gasteiger charge is -2.05. The summed E-state index contributed by atoms with van der Waals surface area (Å²) in [5.41, 5.74) is 0.945. The number of carbonyl (C=O) groups excluding carboxylic acids is 1. The van der Waals surface area contributed by atoms with Crippen molar-refractivity contribution >= 4 is 5.91 Å². The summed E-state index contributed by atoms with van der Waals surface area (Å²) < 4.78 is 5.04. The third kappa shape index (κ3) is 3.69. The van der Waals surface area contributed by atoms with Gasteiger partial charge >= 0.3 is 0 Å². The standard InChI is InChI=1S/C11H12N2O2/c1-15-10-4-2-3-9(7-10)8-13-11(14)5-6-12/h2-4,7H,5,8H2,1H3,(H,13,14). The van der Waals surface area contributed by atoms with E-state index >= 15 is 0 Å². The molecule has 0 atom stereocenters. The van der Waals surface area contributed by atoms with Gasteiger partial charge in [-0.25, -0.2) is 0 Å². The molecular formula is C11H12N2O2. The van der Waals surface area contributed by atoms with Gasteiger partial charge in [0.05, 0.1) is 13.2 Å². The van der Waals surface area contributed by atoms with Crippen LogP contribution in [-0.4, -0.2) is 13.0 Å². The zero-order chi connectivity index (χ0) is 11.1. The first kappa shape index (κ1) is 11.1. The minimum atomic E-state index is -0.264. The normalized spacial score (nSPS) is 9.07. The van der Waals surface area contributed by atoms with Crippen molar-refractivity contribution in [2.45, 2.75) is 13.0 Å². The lowest BCUT2D eigenvalue weighted by atomic mass is 10.2. The van der Waals surface area contributed by atoms with Crippen LogP contribution >= 0.6 is 0 Å². The van der Waals surface area contributed by atoms with E-state index in [9.17, 15) is 4.79 Å². The number of methoxy groups -OCH3 is 1. The number of nitrogens with one attached hydrogen (secondary N) is 1. The van der Waals surface area contributed by atoms with Crippen LogP contribution in [0.2, 0.25) is 0 Å². The van der Waals surface area contributed by atoms with E-state index in [4.69, 9.17) is 10.00 Å². The van der Waals surface area contributed by atoms with Gasteiger partial charge in [0.1, 0.15) is 12.2 Å². The van der Waals surface area contributed by atoms with Gasteiger partial charge in [-0.3, -0.25) is 4.79 Å². The number of amides is 1. The van der Waals surface area contributed by atoms with Gasteiger partial charge in [-0.1, -0.05) is 12.1 Å². The number of rotatable bonds is 4. The second kappa shape index (κ2) is 5.66. The number of nitriles is 1. The van der Waals surface area contributed by atoms with E-state index in [1.54, 1.807) is 13.2 Å². The Hall–Kier alpha value is -2.02. The molecule has 0 aliphatic carbocycles. The van der Waals surface area contributed by atoms with Gasteiger partial charge in [0.15, 0.2) is 0 Å². The molecule has 1 aromatic rings. The topological polar surface area (TPSA) is 62.1 Å². The summed E-state index contributed by atoms with van der Waals surface area (Å²) >= 11 is 0. The Bertz CT molecular complexity index is 382. The van der Waals surface area contributed by atoms with Crippen LogP contribution in [0.4, 0.5) is 0 Å². The first-order valence-corrected chi connectivity index (χ1v) is 4.53. The quantitative estimate of drug-likeness (QED) is 0.802. The van der Waals surface area contributed by atoms with E-state index in [0.717, 1.165) is 11.3 Å². The first-order chi connectivity index (χ1) is 7.26. The molecule has 0 unspecified atom stereocenters. The highest BCUT2D eigenvalue weighted by molar-refractivity contribution is 5.77. The molecule has 1 aromatic carbocycles. The van der Waals surface area contributed by atoms with Crippen molar-refractivity contribution in [1.82, 2.24) is 5.32 Å². The zero-order valence-electron chi connectivity index (χ0n) is 8.49. The molecule has 1 N–H and O–H groups in total. The van der Waals surface area contributed by atoms with Gasteiger partial charge in [0, 0.05) is 6.54 Å². The number of ether oxygens (including phenoxy) is 1. The van der Waals surface area contributed by atoms with Crippen molar-refractivity contribution in [3.8, 4) is 11.8 Å². The summed E-state index contributed by atoms with van der Waals surface area (Å²) in [6, 6.07) is 9.20. The van der Waals surface area contributed by atoms with Crippen LogP contribution in [0, 0.1) is 11.3 Å². The van der Waals surface area contributed by atoms with Crippen LogP contribution < -0.4 is 10.1 Å². The Morgan fingerprint density at radius 1 is 1.60 bits per heavy atom. The largest absolute Gasteiger partial charge is 0.497 e. The summed E-state index contributed by atoms with van der Waals surface area (Å²) in [5, 5.41) is 10.9. The highest BCUT2D eigenvalue weighted by atomic mass is 16.5. The third-order valence-electron chi connectivity index (χ3n) is 1.86. The van der Waals surface area contributed by atoms with Crippen LogP contribution in [0.15, 0.2) is 24.3 Å². The fraction of sp³-hybridized carbons (Fsp3) is 0.273. The molecule has 4 heteroatoms. The Labute approximate surface area is 88.5 Å². The van der Waals surface area contributed by atoms with Gasteiger partial charge in [-0.05, 0) is 17.7 Å². The fourth-order valence-corrected chi connectivity index (χ4v) is 1.12.